The Bertz CT molecular complexity index is 922. The van der Waals surface area contributed by atoms with Crippen molar-refractivity contribution in [3.05, 3.63) is 34.7 Å². The third-order valence-electron chi connectivity index (χ3n) is 3.60. The van der Waals surface area contributed by atoms with Gasteiger partial charge in [0.2, 0.25) is 5.95 Å². The molecular formula is C15H14F3N5OS. The van der Waals surface area contributed by atoms with Gasteiger partial charge in [-0.25, -0.2) is 9.97 Å². The summed E-state index contributed by atoms with van der Waals surface area (Å²) in [6.07, 6.45) is -5.70. The SMILES string of the molecule is CNc1nc(-c2ccc(C(F)(F)F)cc2)c2c(N)c(C(N)O)sc2n1. The molecule has 10 heteroatoms. The summed E-state index contributed by atoms with van der Waals surface area (Å²) in [4.78, 5) is 9.39. The molecule has 0 amide bonds. The number of aromatic nitrogens is 2. The average molecular weight is 369 g/mol. The minimum atomic E-state index is -4.42. The topological polar surface area (TPSA) is 110 Å². The first-order valence-electron chi connectivity index (χ1n) is 7.11. The lowest BCUT2D eigenvalue weighted by Crippen LogP contribution is -2.08. The van der Waals surface area contributed by atoms with Crippen LogP contribution in [0.25, 0.3) is 21.5 Å². The van der Waals surface area contributed by atoms with Gasteiger partial charge in [0.1, 0.15) is 11.1 Å². The lowest BCUT2D eigenvalue weighted by molar-refractivity contribution is -0.137. The number of aliphatic hydroxyl groups is 1. The van der Waals surface area contributed by atoms with Crippen LogP contribution in [-0.4, -0.2) is 22.1 Å². The fourth-order valence-electron chi connectivity index (χ4n) is 2.40. The highest BCUT2D eigenvalue weighted by atomic mass is 32.1. The van der Waals surface area contributed by atoms with Gasteiger partial charge in [0, 0.05) is 12.6 Å². The molecule has 25 heavy (non-hydrogen) atoms. The van der Waals surface area contributed by atoms with Gasteiger partial charge >= 0.3 is 6.18 Å². The molecule has 132 valence electrons. The van der Waals surface area contributed by atoms with E-state index < -0.39 is 18.0 Å². The lowest BCUT2D eigenvalue weighted by Gasteiger charge is -2.10. The van der Waals surface area contributed by atoms with Crippen LogP contribution in [0.3, 0.4) is 0 Å². The number of nitrogens with zero attached hydrogens (tertiary/aromatic N) is 2. The summed E-state index contributed by atoms with van der Waals surface area (Å²) in [7, 11) is 1.62. The zero-order valence-electron chi connectivity index (χ0n) is 12.9. The number of thiophene rings is 1. The normalized spacial score (nSPS) is 13.2. The van der Waals surface area contributed by atoms with Crippen molar-refractivity contribution in [2.45, 2.75) is 12.4 Å². The molecule has 0 saturated heterocycles. The molecule has 6 nitrogen and oxygen atoms in total. The molecule has 3 rings (SSSR count). The minimum Gasteiger partial charge on any atom is -0.397 e. The van der Waals surface area contributed by atoms with Crippen molar-refractivity contribution in [3.8, 4) is 11.3 Å². The van der Waals surface area contributed by atoms with E-state index in [1.165, 1.54) is 12.1 Å². The van der Waals surface area contributed by atoms with Gasteiger partial charge in [-0.1, -0.05) is 12.1 Å². The maximum absolute atomic E-state index is 12.8. The number of rotatable bonds is 3. The number of nitrogens with one attached hydrogen (secondary N) is 1. The molecule has 0 aliphatic carbocycles. The van der Waals surface area contributed by atoms with Gasteiger partial charge in [-0.2, -0.15) is 13.2 Å². The van der Waals surface area contributed by atoms with Crippen LogP contribution in [0.1, 0.15) is 16.7 Å². The summed E-state index contributed by atoms with van der Waals surface area (Å²) < 4.78 is 38.3. The van der Waals surface area contributed by atoms with Gasteiger partial charge < -0.3 is 21.9 Å². The Morgan fingerprint density at radius 2 is 1.84 bits per heavy atom. The van der Waals surface area contributed by atoms with Gasteiger partial charge in [0.15, 0.2) is 0 Å². The molecule has 1 atom stereocenters. The van der Waals surface area contributed by atoms with E-state index >= 15 is 0 Å². The molecule has 0 fully saturated rings. The summed E-state index contributed by atoms with van der Waals surface area (Å²) >= 11 is 1.11. The van der Waals surface area contributed by atoms with E-state index in [1.54, 1.807) is 7.05 Å². The number of fused-ring (bicyclic) bond motifs is 1. The third kappa shape index (κ3) is 3.11. The predicted octanol–water partition coefficient (Wildman–Crippen LogP) is 2.95. The Hall–Kier alpha value is -2.43. The molecule has 0 bridgehead atoms. The second-order valence-corrected chi connectivity index (χ2v) is 6.26. The monoisotopic (exact) mass is 369 g/mol. The van der Waals surface area contributed by atoms with E-state index in [2.05, 4.69) is 15.3 Å². The molecule has 3 aromatic rings. The number of alkyl halides is 3. The minimum absolute atomic E-state index is 0.215. The molecule has 0 radical (unpaired) electrons. The molecule has 2 aromatic heterocycles. The van der Waals surface area contributed by atoms with Crippen LogP contribution in [0, 0.1) is 0 Å². The van der Waals surface area contributed by atoms with Crippen molar-refractivity contribution in [3.63, 3.8) is 0 Å². The number of halogens is 3. The molecule has 0 saturated carbocycles. The Kier molecular flexibility index (Phi) is 4.27. The van der Waals surface area contributed by atoms with Crippen LogP contribution in [-0.2, 0) is 6.18 Å². The molecule has 0 aliphatic heterocycles. The van der Waals surface area contributed by atoms with Gasteiger partial charge in [-0.05, 0) is 12.1 Å². The quantitative estimate of drug-likeness (QED) is 0.529. The zero-order valence-corrected chi connectivity index (χ0v) is 13.7. The second-order valence-electron chi connectivity index (χ2n) is 5.23. The van der Waals surface area contributed by atoms with Crippen LogP contribution in [0.4, 0.5) is 24.8 Å². The highest BCUT2D eigenvalue weighted by Gasteiger charge is 2.30. The Labute approximate surface area is 144 Å². The maximum atomic E-state index is 12.8. The van der Waals surface area contributed by atoms with E-state index in [4.69, 9.17) is 11.5 Å². The summed E-state index contributed by atoms with van der Waals surface area (Å²) in [5.41, 5.74) is 11.8. The molecule has 0 spiro atoms. The lowest BCUT2D eigenvalue weighted by atomic mass is 10.1. The predicted molar refractivity (Wildman–Crippen MR) is 91.0 cm³/mol. The highest BCUT2D eigenvalue weighted by Crippen LogP contribution is 2.41. The number of nitrogen functional groups attached to an aromatic ring is 1. The Balaban J connectivity index is 2.24. The van der Waals surface area contributed by atoms with Crippen LogP contribution >= 0.6 is 11.3 Å². The molecule has 1 unspecified atom stereocenters. The van der Waals surface area contributed by atoms with Crippen molar-refractivity contribution in [2.75, 3.05) is 18.1 Å². The van der Waals surface area contributed by atoms with Crippen molar-refractivity contribution in [1.29, 1.82) is 0 Å². The van der Waals surface area contributed by atoms with E-state index in [0.717, 1.165) is 23.5 Å². The average Bonchev–Trinajstić information content (AvgIpc) is 2.90. The summed E-state index contributed by atoms with van der Waals surface area (Å²) in [5, 5.41) is 12.9. The number of anilines is 2. The van der Waals surface area contributed by atoms with Crippen LogP contribution in [0.5, 0.6) is 0 Å². The first kappa shape index (κ1) is 17.4. The van der Waals surface area contributed by atoms with Crippen molar-refractivity contribution >= 4 is 33.2 Å². The zero-order chi connectivity index (χ0) is 18.4. The van der Waals surface area contributed by atoms with Gasteiger partial charge in [0.05, 0.1) is 27.2 Å². The van der Waals surface area contributed by atoms with E-state index in [0.29, 0.717) is 26.4 Å². The summed E-state index contributed by atoms with van der Waals surface area (Å²) in [6.45, 7) is 0. The number of nitrogens with two attached hydrogens (primary N) is 2. The van der Waals surface area contributed by atoms with Crippen LogP contribution in [0.2, 0.25) is 0 Å². The smallest absolute Gasteiger partial charge is 0.397 e. The van der Waals surface area contributed by atoms with Gasteiger partial charge in [-0.3, -0.25) is 0 Å². The standard InChI is InChI=1S/C15H14F3N5OS/c1-21-14-22-10(6-2-4-7(5-3-6)15(16,17)18)8-9(19)11(12(20)24)25-13(8)23-14/h2-5,12,24H,19-20H2,1H3,(H,21,22,23). The Morgan fingerprint density at radius 3 is 2.36 bits per heavy atom. The van der Waals surface area contributed by atoms with E-state index in [9.17, 15) is 18.3 Å². The fraction of sp³-hybridized carbons (Fsp3) is 0.200. The first-order chi connectivity index (χ1) is 11.7. The number of aliphatic hydroxyl groups excluding tert-OH is 1. The van der Waals surface area contributed by atoms with Crippen molar-refractivity contribution in [1.82, 2.24) is 9.97 Å². The molecule has 0 aliphatic rings. The van der Waals surface area contributed by atoms with Crippen molar-refractivity contribution < 1.29 is 18.3 Å². The van der Waals surface area contributed by atoms with E-state index in [1.807, 2.05) is 0 Å². The number of hydrogen-bond donors (Lipinski definition) is 4. The van der Waals surface area contributed by atoms with Gasteiger partial charge in [0.25, 0.3) is 0 Å². The fourth-order valence-corrected chi connectivity index (χ4v) is 3.38. The third-order valence-corrected chi connectivity index (χ3v) is 4.77. The first-order valence-corrected chi connectivity index (χ1v) is 7.93. The maximum Gasteiger partial charge on any atom is 0.416 e. The van der Waals surface area contributed by atoms with Crippen LogP contribution < -0.4 is 16.8 Å². The number of hydrogen-bond acceptors (Lipinski definition) is 7. The summed E-state index contributed by atoms with van der Waals surface area (Å²) in [6, 6.07) is 4.59. The number of benzene rings is 1. The molecular weight excluding hydrogens is 355 g/mol. The van der Waals surface area contributed by atoms with E-state index in [-0.39, 0.29) is 11.6 Å². The molecule has 6 N–H and O–H groups in total. The van der Waals surface area contributed by atoms with Crippen LogP contribution in [0.15, 0.2) is 24.3 Å². The van der Waals surface area contributed by atoms with Gasteiger partial charge in [-0.15, -0.1) is 11.3 Å². The summed E-state index contributed by atoms with van der Waals surface area (Å²) in [5.74, 6) is 0.279. The highest BCUT2D eigenvalue weighted by molar-refractivity contribution is 7.19. The second kappa shape index (κ2) is 6.14. The Morgan fingerprint density at radius 1 is 1.20 bits per heavy atom. The molecule has 1 aromatic carbocycles. The van der Waals surface area contributed by atoms with Crippen molar-refractivity contribution in [2.24, 2.45) is 5.73 Å². The largest absolute Gasteiger partial charge is 0.416 e. The molecule has 2 heterocycles.